The molecule has 120 valence electrons. The Hall–Kier alpha value is -2.53. The predicted molar refractivity (Wildman–Crippen MR) is 88.3 cm³/mol. The highest BCUT2D eigenvalue weighted by Gasteiger charge is 2.16. The van der Waals surface area contributed by atoms with E-state index < -0.39 is 17.9 Å². The first-order valence-electron chi connectivity index (χ1n) is 7.05. The van der Waals surface area contributed by atoms with Crippen molar-refractivity contribution in [2.45, 2.75) is 20.0 Å². The topological polar surface area (TPSA) is 67.4 Å². The van der Waals surface area contributed by atoms with Crippen molar-refractivity contribution in [1.29, 1.82) is 0 Å². The molecule has 0 fully saturated rings. The summed E-state index contributed by atoms with van der Waals surface area (Å²) in [6, 6.07) is 13.7. The largest absolute Gasteiger partial charge is 0.481 e. The third-order valence-corrected chi connectivity index (χ3v) is 3.42. The first-order chi connectivity index (χ1) is 11.0. The van der Waals surface area contributed by atoms with Gasteiger partial charge in [0.1, 0.15) is 5.75 Å². The summed E-state index contributed by atoms with van der Waals surface area (Å²) in [5.41, 5.74) is 6.00. The fourth-order valence-corrected chi connectivity index (χ4v) is 1.95. The maximum Gasteiger partial charge on any atom is 0.279 e. The molecule has 0 radical (unpaired) electrons. The average molecular weight is 333 g/mol. The number of hydrogen-bond acceptors (Lipinski definition) is 3. The molecule has 0 saturated carbocycles. The van der Waals surface area contributed by atoms with Crippen LogP contribution in [0.5, 0.6) is 5.75 Å². The molecule has 1 unspecified atom stereocenters. The second-order valence-corrected chi connectivity index (χ2v) is 5.41. The summed E-state index contributed by atoms with van der Waals surface area (Å²) in [6.45, 7) is 3.50. The highest BCUT2D eigenvalue weighted by Crippen LogP contribution is 2.17. The lowest BCUT2D eigenvalue weighted by Crippen LogP contribution is -2.47. The number of amides is 2. The quantitative estimate of drug-likeness (QED) is 0.846. The molecule has 5 nitrogen and oxygen atoms in total. The normalized spacial score (nSPS) is 11.4. The van der Waals surface area contributed by atoms with Crippen LogP contribution in [0.4, 0.5) is 0 Å². The van der Waals surface area contributed by atoms with Gasteiger partial charge in [-0.05, 0) is 49.7 Å². The van der Waals surface area contributed by atoms with E-state index in [1.54, 1.807) is 37.3 Å². The second-order valence-electron chi connectivity index (χ2n) is 4.98. The van der Waals surface area contributed by atoms with Crippen molar-refractivity contribution in [1.82, 2.24) is 10.9 Å². The van der Waals surface area contributed by atoms with Crippen LogP contribution < -0.4 is 15.6 Å². The van der Waals surface area contributed by atoms with E-state index in [-0.39, 0.29) is 0 Å². The van der Waals surface area contributed by atoms with Crippen LogP contribution in [0.1, 0.15) is 22.8 Å². The molecule has 0 spiro atoms. The van der Waals surface area contributed by atoms with Crippen LogP contribution in [0.2, 0.25) is 5.02 Å². The molecule has 23 heavy (non-hydrogen) atoms. The van der Waals surface area contributed by atoms with E-state index in [1.807, 2.05) is 25.1 Å². The molecule has 6 heteroatoms. The van der Waals surface area contributed by atoms with Crippen molar-refractivity contribution in [3.63, 3.8) is 0 Å². The third kappa shape index (κ3) is 4.72. The SMILES string of the molecule is Cc1ccccc1OC(C)C(=O)NNC(=O)c1ccc(Cl)cc1. The minimum absolute atomic E-state index is 0.391. The number of carbonyl (C=O) groups excluding carboxylic acids is 2. The van der Waals surface area contributed by atoms with Gasteiger partial charge in [-0.25, -0.2) is 0 Å². The molecule has 0 aromatic heterocycles. The van der Waals surface area contributed by atoms with E-state index in [4.69, 9.17) is 16.3 Å². The summed E-state index contributed by atoms with van der Waals surface area (Å²) in [4.78, 5) is 23.9. The Bertz CT molecular complexity index is 701. The Morgan fingerprint density at radius 3 is 2.35 bits per heavy atom. The van der Waals surface area contributed by atoms with Crippen LogP contribution in [0, 0.1) is 6.92 Å². The van der Waals surface area contributed by atoms with Crippen LogP contribution in [-0.4, -0.2) is 17.9 Å². The molecule has 1 atom stereocenters. The van der Waals surface area contributed by atoms with Gasteiger partial charge in [-0.1, -0.05) is 29.8 Å². The highest BCUT2D eigenvalue weighted by molar-refractivity contribution is 6.30. The first-order valence-corrected chi connectivity index (χ1v) is 7.43. The number of para-hydroxylation sites is 1. The Labute approximate surface area is 139 Å². The second kappa shape index (κ2) is 7.65. The molecule has 2 aromatic rings. The minimum Gasteiger partial charge on any atom is -0.481 e. The summed E-state index contributed by atoms with van der Waals surface area (Å²) in [5, 5.41) is 0.533. The summed E-state index contributed by atoms with van der Waals surface area (Å²) in [6.07, 6.45) is -0.749. The maximum atomic E-state index is 12.0. The molecular formula is C17H17ClN2O3. The van der Waals surface area contributed by atoms with Gasteiger partial charge in [-0.3, -0.25) is 20.4 Å². The van der Waals surface area contributed by atoms with Crippen molar-refractivity contribution in [3.05, 3.63) is 64.7 Å². The molecule has 0 heterocycles. The number of carbonyl (C=O) groups is 2. The fourth-order valence-electron chi connectivity index (χ4n) is 1.83. The third-order valence-electron chi connectivity index (χ3n) is 3.17. The van der Waals surface area contributed by atoms with Gasteiger partial charge in [0, 0.05) is 10.6 Å². The Morgan fingerprint density at radius 2 is 1.70 bits per heavy atom. The van der Waals surface area contributed by atoms with Gasteiger partial charge in [0.2, 0.25) is 0 Å². The zero-order chi connectivity index (χ0) is 16.8. The van der Waals surface area contributed by atoms with E-state index in [0.29, 0.717) is 16.3 Å². The predicted octanol–water partition coefficient (Wildman–Crippen LogP) is 2.88. The Morgan fingerprint density at radius 1 is 1.04 bits per heavy atom. The van der Waals surface area contributed by atoms with Crippen LogP contribution >= 0.6 is 11.6 Å². The van der Waals surface area contributed by atoms with Gasteiger partial charge in [-0.15, -0.1) is 0 Å². The van der Waals surface area contributed by atoms with E-state index in [0.717, 1.165) is 5.56 Å². The molecule has 0 saturated heterocycles. The molecular weight excluding hydrogens is 316 g/mol. The lowest BCUT2D eigenvalue weighted by Gasteiger charge is -2.16. The molecule has 2 aromatic carbocycles. The number of halogens is 1. The molecule has 0 aliphatic heterocycles. The smallest absolute Gasteiger partial charge is 0.279 e. The summed E-state index contributed by atoms with van der Waals surface area (Å²) < 4.78 is 5.58. The minimum atomic E-state index is -0.749. The number of ether oxygens (including phenoxy) is 1. The van der Waals surface area contributed by atoms with Gasteiger partial charge >= 0.3 is 0 Å². The lowest BCUT2D eigenvalue weighted by molar-refractivity contribution is -0.128. The van der Waals surface area contributed by atoms with Crippen molar-refractivity contribution in [2.75, 3.05) is 0 Å². The van der Waals surface area contributed by atoms with Crippen LogP contribution in [-0.2, 0) is 4.79 Å². The van der Waals surface area contributed by atoms with E-state index in [9.17, 15) is 9.59 Å². The maximum absolute atomic E-state index is 12.0. The van der Waals surface area contributed by atoms with Gasteiger partial charge in [0.15, 0.2) is 6.10 Å². The van der Waals surface area contributed by atoms with Crippen LogP contribution in [0.25, 0.3) is 0 Å². The Kier molecular flexibility index (Phi) is 5.60. The van der Waals surface area contributed by atoms with Crippen molar-refractivity contribution >= 4 is 23.4 Å². The number of benzene rings is 2. The molecule has 2 rings (SSSR count). The molecule has 0 aliphatic carbocycles. The number of hydrazine groups is 1. The molecule has 2 amide bonds. The summed E-state index contributed by atoms with van der Waals surface area (Å²) in [7, 11) is 0. The van der Waals surface area contributed by atoms with Gasteiger partial charge in [-0.2, -0.15) is 0 Å². The highest BCUT2D eigenvalue weighted by atomic mass is 35.5. The molecule has 2 N–H and O–H groups in total. The molecule has 0 aliphatic rings. The van der Waals surface area contributed by atoms with E-state index in [2.05, 4.69) is 10.9 Å². The number of nitrogens with one attached hydrogen (secondary N) is 2. The number of hydrogen-bond donors (Lipinski definition) is 2. The average Bonchev–Trinajstić information content (AvgIpc) is 2.55. The summed E-state index contributed by atoms with van der Waals surface area (Å²) >= 11 is 5.76. The monoisotopic (exact) mass is 332 g/mol. The van der Waals surface area contributed by atoms with Crippen molar-refractivity contribution in [3.8, 4) is 5.75 Å². The zero-order valence-electron chi connectivity index (χ0n) is 12.8. The van der Waals surface area contributed by atoms with E-state index in [1.165, 1.54) is 0 Å². The van der Waals surface area contributed by atoms with Crippen molar-refractivity contribution < 1.29 is 14.3 Å². The van der Waals surface area contributed by atoms with Crippen molar-refractivity contribution in [2.24, 2.45) is 0 Å². The molecule has 0 bridgehead atoms. The lowest BCUT2D eigenvalue weighted by atomic mass is 10.2. The van der Waals surface area contributed by atoms with Gasteiger partial charge < -0.3 is 4.74 Å². The first kappa shape index (κ1) is 16.8. The van der Waals surface area contributed by atoms with Crippen LogP contribution in [0.15, 0.2) is 48.5 Å². The number of aryl methyl sites for hydroxylation is 1. The van der Waals surface area contributed by atoms with Gasteiger partial charge in [0.05, 0.1) is 0 Å². The zero-order valence-corrected chi connectivity index (χ0v) is 13.6. The van der Waals surface area contributed by atoms with Crippen LogP contribution in [0.3, 0.4) is 0 Å². The van der Waals surface area contributed by atoms with E-state index >= 15 is 0 Å². The number of rotatable bonds is 4. The standard InChI is InChI=1S/C17H17ClN2O3/c1-11-5-3-4-6-15(11)23-12(2)16(21)19-20-17(22)13-7-9-14(18)10-8-13/h3-10,12H,1-2H3,(H,19,21)(H,20,22). The fraction of sp³-hybridized carbons (Fsp3) is 0.176. The Balaban J connectivity index is 1.87. The van der Waals surface area contributed by atoms with Gasteiger partial charge in [0.25, 0.3) is 11.8 Å². The summed E-state index contributed by atoms with van der Waals surface area (Å²) in [5.74, 6) is -0.257.